The highest BCUT2D eigenvalue weighted by Crippen LogP contribution is 2.32. The van der Waals surface area contributed by atoms with Gasteiger partial charge in [-0.2, -0.15) is 17.7 Å². The number of hydrogen-bond donors (Lipinski definition) is 1. The van der Waals surface area contributed by atoms with Gasteiger partial charge in [0.15, 0.2) is 11.4 Å². The first kappa shape index (κ1) is 32.5. The Morgan fingerprint density at radius 2 is 1.70 bits per heavy atom. The predicted octanol–water partition coefficient (Wildman–Crippen LogP) is 3.81. The summed E-state index contributed by atoms with van der Waals surface area (Å²) in [6.45, 7) is 9.35. The van der Waals surface area contributed by atoms with Crippen LogP contribution in [0.2, 0.25) is 0 Å². The summed E-state index contributed by atoms with van der Waals surface area (Å²) in [5.74, 6) is 0.469. The number of aromatic nitrogens is 4. The van der Waals surface area contributed by atoms with Gasteiger partial charge in [0, 0.05) is 6.04 Å². The minimum Gasteiger partial charge on any atom is -1.00 e. The zero-order chi connectivity index (χ0) is 31.7. The van der Waals surface area contributed by atoms with Gasteiger partial charge in [-0.3, -0.25) is 4.57 Å². The number of imidazole rings is 2. The highest BCUT2D eigenvalue weighted by Gasteiger charge is 2.35. The van der Waals surface area contributed by atoms with Crippen LogP contribution in [-0.4, -0.2) is 25.8 Å². The molecule has 1 aliphatic rings. The molecular weight excluding hydrogens is 661 g/mol. The molecule has 0 aliphatic heterocycles. The molecule has 3 aromatic carbocycles. The number of halogens is 4. The van der Waals surface area contributed by atoms with Crippen molar-refractivity contribution in [2.75, 3.05) is 0 Å². The Morgan fingerprint density at radius 1 is 1.00 bits per heavy atom. The number of alkyl halides is 3. The molecule has 1 amide bonds. The van der Waals surface area contributed by atoms with Crippen LogP contribution in [0.3, 0.4) is 0 Å². The first-order valence-electron chi connectivity index (χ1n) is 14.6. The Bertz CT molecular complexity index is 1970. The van der Waals surface area contributed by atoms with Crippen molar-refractivity contribution >= 4 is 11.7 Å². The molecule has 1 N–H and O–H groups in total. The average Bonchev–Trinajstić information content (AvgIpc) is 3.75. The summed E-state index contributed by atoms with van der Waals surface area (Å²) in [5.41, 5.74) is 0.927. The summed E-state index contributed by atoms with van der Waals surface area (Å²) in [6.07, 6.45) is 2.48. The van der Waals surface area contributed by atoms with Crippen LogP contribution in [0.15, 0.2) is 96.1 Å². The molecule has 1 aliphatic carbocycles. The number of rotatable bonds is 6. The SMILES string of the molecule is [Br-].[C-]#[N+]c1ccc(-n2cc[n+](Cc3ccccc3)c2-c2c(C)n(-c3cccc(C(F)(F)F)c3)c(=O)n2C(=O)NC2CCCC2)cc1. The summed E-state index contributed by atoms with van der Waals surface area (Å²) >= 11 is 0. The lowest BCUT2D eigenvalue weighted by Gasteiger charge is -2.13. The maximum Gasteiger partial charge on any atom is 0.416 e. The van der Waals surface area contributed by atoms with Crippen LogP contribution in [0.4, 0.5) is 23.7 Å². The topological polar surface area (TPSA) is 69.2 Å². The molecule has 6 rings (SSSR count). The third-order valence-electron chi connectivity index (χ3n) is 8.16. The van der Waals surface area contributed by atoms with E-state index in [1.807, 2.05) is 45.7 Å². The zero-order valence-corrected chi connectivity index (χ0v) is 26.4. The van der Waals surface area contributed by atoms with Crippen LogP contribution in [0.1, 0.15) is 42.5 Å². The van der Waals surface area contributed by atoms with Crippen LogP contribution in [0.5, 0.6) is 0 Å². The number of carbonyl (C=O) groups is 1. The third kappa shape index (κ3) is 6.28. The average molecular weight is 692 g/mol. The van der Waals surface area contributed by atoms with Crippen LogP contribution in [0.25, 0.3) is 27.7 Å². The van der Waals surface area contributed by atoms with Crippen molar-refractivity contribution in [2.45, 2.75) is 51.4 Å². The first-order chi connectivity index (χ1) is 21.7. The van der Waals surface area contributed by atoms with Crippen molar-refractivity contribution in [1.82, 2.24) is 19.0 Å². The Labute approximate surface area is 273 Å². The lowest BCUT2D eigenvalue weighted by atomic mass is 10.2. The Kier molecular flexibility index (Phi) is 9.34. The molecule has 236 valence electrons. The van der Waals surface area contributed by atoms with Crippen molar-refractivity contribution in [3.05, 3.63) is 130 Å². The van der Waals surface area contributed by atoms with Gasteiger partial charge in [0.25, 0.3) is 0 Å². The number of benzene rings is 3. The molecule has 0 bridgehead atoms. The summed E-state index contributed by atoms with van der Waals surface area (Å²) in [6, 6.07) is 20.3. The van der Waals surface area contributed by atoms with E-state index in [0.717, 1.165) is 52.5 Å². The molecule has 2 heterocycles. The standard InChI is InChI=1S/C34H29F3N6O2.BrH/c1-23-30(31-40(22-24-9-4-3-5-10-24)19-20-41(31)28-17-15-26(38-2)16-18-28)43(32(44)39-27-12-6-7-13-27)33(45)42(23)29-14-8-11-25(21-29)34(35,36)37;/h3-5,8-11,14-21,27H,6-7,12-13,22H2,1H3;1H. The molecular formula is C34H30BrF3N6O2. The Balaban J connectivity index is 0.00000417. The van der Waals surface area contributed by atoms with E-state index < -0.39 is 23.5 Å². The van der Waals surface area contributed by atoms with Gasteiger partial charge in [0.05, 0.1) is 23.5 Å². The number of nitrogens with zero attached hydrogens (tertiary/aromatic N) is 5. The largest absolute Gasteiger partial charge is 1.00 e. The van der Waals surface area contributed by atoms with Crippen LogP contribution in [-0.2, 0) is 12.7 Å². The summed E-state index contributed by atoms with van der Waals surface area (Å²) < 4.78 is 47.1. The molecule has 0 unspecified atom stereocenters. The monoisotopic (exact) mass is 690 g/mol. The molecule has 0 saturated heterocycles. The predicted molar refractivity (Wildman–Crippen MR) is 163 cm³/mol. The summed E-state index contributed by atoms with van der Waals surface area (Å²) in [4.78, 5) is 31.7. The van der Waals surface area contributed by atoms with E-state index in [0.29, 0.717) is 29.4 Å². The lowest BCUT2D eigenvalue weighted by molar-refractivity contribution is -0.676. The van der Waals surface area contributed by atoms with Crippen LogP contribution < -0.4 is 32.6 Å². The molecule has 46 heavy (non-hydrogen) atoms. The van der Waals surface area contributed by atoms with Crippen molar-refractivity contribution in [2.24, 2.45) is 0 Å². The van der Waals surface area contributed by atoms with E-state index in [1.54, 1.807) is 37.4 Å². The van der Waals surface area contributed by atoms with E-state index in [1.165, 1.54) is 12.1 Å². The Hall–Kier alpha value is -4.89. The molecule has 1 fully saturated rings. The van der Waals surface area contributed by atoms with Gasteiger partial charge < -0.3 is 22.3 Å². The minimum atomic E-state index is -4.62. The van der Waals surface area contributed by atoms with Gasteiger partial charge in [-0.15, -0.1) is 0 Å². The zero-order valence-electron chi connectivity index (χ0n) is 24.8. The number of amides is 1. The molecule has 0 radical (unpaired) electrons. The normalized spacial score (nSPS) is 13.3. The van der Waals surface area contributed by atoms with Gasteiger partial charge >= 0.3 is 23.7 Å². The van der Waals surface area contributed by atoms with Crippen molar-refractivity contribution in [3.63, 3.8) is 0 Å². The first-order valence-corrected chi connectivity index (χ1v) is 14.6. The molecule has 2 aromatic heterocycles. The van der Waals surface area contributed by atoms with Crippen LogP contribution >= 0.6 is 0 Å². The molecule has 12 heteroatoms. The van der Waals surface area contributed by atoms with Gasteiger partial charge in [0.2, 0.25) is 0 Å². The van der Waals surface area contributed by atoms with Crippen LogP contribution in [0, 0.1) is 13.5 Å². The second kappa shape index (κ2) is 13.2. The van der Waals surface area contributed by atoms with E-state index in [-0.39, 0.29) is 34.4 Å². The molecule has 0 atom stereocenters. The lowest BCUT2D eigenvalue weighted by Crippen LogP contribution is -3.00. The minimum absolute atomic E-state index is 0. The number of hydrogen-bond acceptors (Lipinski definition) is 2. The second-order valence-electron chi connectivity index (χ2n) is 11.1. The third-order valence-corrected chi connectivity index (χ3v) is 8.16. The fraction of sp³-hybridized carbons (Fsp3) is 0.235. The van der Waals surface area contributed by atoms with Crippen molar-refractivity contribution in [3.8, 4) is 22.9 Å². The van der Waals surface area contributed by atoms with Gasteiger partial charge in [-0.1, -0.05) is 61.4 Å². The number of carbonyl (C=O) groups excluding carboxylic acids is 1. The second-order valence-corrected chi connectivity index (χ2v) is 11.1. The van der Waals surface area contributed by atoms with Crippen molar-refractivity contribution < 1.29 is 39.5 Å². The van der Waals surface area contributed by atoms with Gasteiger partial charge in [0.1, 0.15) is 24.6 Å². The molecule has 0 spiro atoms. The fourth-order valence-electron chi connectivity index (χ4n) is 5.97. The smallest absolute Gasteiger partial charge is 0.416 e. The van der Waals surface area contributed by atoms with E-state index in [4.69, 9.17) is 6.57 Å². The van der Waals surface area contributed by atoms with Crippen molar-refractivity contribution in [1.29, 1.82) is 0 Å². The maximum absolute atomic E-state index is 14.2. The van der Waals surface area contributed by atoms with Gasteiger partial charge in [-0.25, -0.2) is 23.6 Å². The summed E-state index contributed by atoms with van der Waals surface area (Å²) in [5, 5.41) is 2.99. The molecule has 8 nitrogen and oxygen atoms in total. The summed E-state index contributed by atoms with van der Waals surface area (Å²) in [7, 11) is 0. The van der Waals surface area contributed by atoms with E-state index in [2.05, 4.69) is 10.2 Å². The fourth-order valence-corrected chi connectivity index (χ4v) is 5.97. The quantitative estimate of drug-likeness (QED) is 0.218. The molecule has 5 aromatic rings. The highest BCUT2D eigenvalue weighted by molar-refractivity contribution is 5.82. The van der Waals surface area contributed by atoms with E-state index in [9.17, 15) is 22.8 Å². The molecule has 1 saturated carbocycles. The number of nitrogens with one attached hydrogen (secondary N) is 1. The maximum atomic E-state index is 14.2. The highest BCUT2D eigenvalue weighted by atomic mass is 79.9. The van der Waals surface area contributed by atoms with Gasteiger partial charge in [-0.05, 0) is 55.7 Å². The van der Waals surface area contributed by atoms with E-state index >= 15 is 0 Å². The Morgan fingerprint density at radius 3 is 2.35 bits per heavy atom.